The molecule has 1 saturated heterocycles. The molecule has 1 amide bonds. The van der Waals surface area contributed by atoms with Crippen LogP contribution in [-0.2, 0) is 0 Å². The number of rotatable bonds is 1. The summed E-state index contributed by atoms with van der Waals surface area (Å²) in [6, 6.07) is 0.453. The number of aromatic amines is 1. The number of amides is 1. The zero-order valence-corrected chi connectivity index (χ0v) is 9.03. The fraction of sp³-hybridized carbons (Fsp3) is 0.600. The van der Waals surface area contributed by atoms with Crippen molar-refractivity contribution in [3.8, 4) is 0 Å². The topological polar surface area (TPSA) is 61.0 Å². The largest absolute Gasteiger partial charge is 0.341 e. The fourth-order valence-corrected chi connectivity index (χ4v) is 2.04. The van der Waals surface area contributed by atoms with Gasteiger partial charge in [0.05, 0.1) is 12.5 Å². The molecule has 82 valence electrons. The molecule has 0 saturated carbocycles. The molecule has 5 heteroatoms. The summed E-state index contributed by atoms with van der Waals surface area (Å²) in [5.74, 6) is 0.0361. The van der Waals surface area contributed by atoms with Crippen molar-refractivity contribution >= 4 is 5.91 Å². The highest BCUT2D eigenvalue weighted by molar-refractivity contribution is 5.92. The summed E-state index contributed by atoms with van der Waals surface area (Å²) in [7, 11) is 0. The smallest absolute Gasteiger partial charge is 0.272 e. The Morgan fingerprint density at radius 3 is 2.67 bits per heavy atom. The van der Waals surface area contributed by atoms with Crippen LogP contribution in [0.25, 0.3) is 0 Å². The molecule has 1 aliphatic heterocycles. The van der Waals surface area contributed by atoms with Gasteiger partial charge in [-0.15, -0.1) is 0 Å². The Morgan fingerprint density at radius 2 is 2.13 bits per heavy atom. The SMILES string of the molecule is CC1CNCC(C)N1C(=O)c1cnc[nH]1. The van der Waals surface area contributed by atoms with Crippen LogP contribution in [0.15, 0.2) is 12.5 Å². The molecule has 0 bridgehead atoms. The van der Waals surface area contributed by atoms with Gasteiger partial charge in [-0.25, -0.2) is 4.98 Å². The summed E-state index contributed by atoms with van der Waals surface area (Å²) in [5, 5.41) is 3.29. The lowest BCUT2D eigenvalue weighted by Gasteiger charge is -2.39. The van der Waals surface area contributed by atoms with E-state index in [1.165, 1.54) is 6.33 Å². The predicted molar refractivity (Wildman–Crippen MR) is 56.6 cm³/mol. The van der Waals surface area contributed by atoms with Gasteiger partial charge in [0.1, 0.15) is 5.69 Å². The van der Waals surface area contributed by atoms with Gasteiger partial charge in [0.15, 0.2) is 0 Å². The summed E-state index contributed by atoms with van der Waals surface area (Å²) >= 11 is 0. The molecular formula is C10H16N4O. The molecule has 15 heavy (non-hydrogen) atoms. The third-order valence-electron chi connectivity index (χ3n) is 2.79. The van der Waals surface area contributed by atoms with E-state index in [2.05, 4.69) is 29.1 Å². The lowest BCUT2D eigenvalue weighted by molar-refractivity contribution is 0.0539. The molecule has 2 unspecified atom stereocenters. The Kier molecular flexibility index (Phi) is 2.73. The van der Waals surface area contributed by atoms with E-state index in [0.29, 0.717) is 5.69 Å². The number of carbonyl (C=O) groups is 1. The normalized spacial score (nSPS) is 26.7. The first kappa shape index (κ1) is 10.2. The Labute approximate surface area is 88.9 Å². The second kappa shape index (κ2) is 4.02. The van der Waals surface area contributed by atoms with Gasteiger partial charge in [0.25, 0.3) is 5.91 Å². The Morgan fingerprint density at radius 1 is 1.47 bits per heavy atom. The highest BCUT2D eigenvalue weighted by Gasteiger charge is 2.29. The number of nitrogens with one attached hydrogen (secondary N) is 2. The van der Waals surface area contributed by atoms with E-state index >= 15 is 0 Å². The molecule has 1 aromatic rings. The Hall–Kier alpha value is -1.36. The summed E-state index contributed by atoms with van der Waals surface area (Å²) < 4.78 is 0. The first-order valence-corrected chi connectivity index (χ1v) is 5.22. The molecular weight excluding hydrogens is 192 g/mol. The number of hydrogen-bond donors (Lipinski definition) is 2. The maximum absolute atomic E-state index is 12.1. The quantitative estimate of drug-likeness (QED) is 0.694. The number of H-pyrrole nitrogens is 1. The Balaban J connectivity index is 2.17. The zero-order valence-electron chi connectivity index (χ0n) is 9.03. The minimum Gasteiger partial charge on any atom is -0.341 e. The highest BCUT2D eigenvalue weighted by Crippen LogP contribution is 2.13. The van der Waals surface area contributed by atoms with E-state index in [4.69, 9.17) is 0 Å². The van der Waals surface area contributed by atoms with Gasteiger partial charge in [-0.05, 0) is 13.8 Å². The van der Waals surface area contributed by atoms with Crippen molar-refractivity contribution in [2.75, 3.05) is 13.1 Å². The molecule has 2 rings (SSSR count). The third kappa shape index (κ3) is 1.87. The maximum atomic E-state index is 12.1. The van der Waals surface area contributed by atoms with Gasteiger partial charge in [-0.3, -0.25) is 4.79 Å². The maximum Gasteiger partial charge on any atom is 0.272 e. The van der Waals surface area contributed by atoms with E-state index in [9.17, 15) is 4.79 Å². The van der Waals surface area contributed by atoms with Gasteiger partial charge in [-0.1, -0.05) is 0 Å². The number of piperazine rings is 1. The van der Waals surface area contributed by atoms with Crippen LogP contribution in [0.4, 0.5) is 0 Å². The van der Waals surface area contributed by atoms with E-state index in [1.54, 1.807) is 6.20 Å². The van der Waals surface area contributed by atoms with Crippen molar-refractivity contribution in [1.82, 2.24) is 20.2 Å². The van der Waals surface area contributed by atoms with Crippen molar-refractivity contribution in [2.24, 2.45) is 0 Å². The summed E-state index contributed by atoms with van der Waals surface area (Å²) in [4.78, 5) is 20.7. The number of carbonyl (C=O) groups excluding carboxylic acids is 1. The number of aromatic nitrogens is 2. The minimum atomic E-state index is 0.0361. The van der Waals surface area contributed by atoms with Crippen LogP contribution in [0.3, 0.4) is 0 Å². The predicted octanol–water partition coefficient (Wildman–Crippen LogP) is 0.232. The molecule has 1 aromatic heterocycles. The average Bonchev–Trinajstić information content (AvgIpc) is 2.69. The van der Waals surface area contributed by atoms with Crippen LogP contribution in [-0.4, -0.2) is 45.9 Å². The molecule has 5 nitrogen and oxygen atoms in total. The molecule has 0 aromatic carbocycles. The molecule has 0 spiro atoms. The summed E-state index contributed by atoms with van der Waals surface area (Å²) in [5.41, 5.74) is 0.565. The van der Waals surface area contributed by atoms with Crippen LogP contribution >= 0.6 is 0 Å². The summed E-state index contributed by atoms with van der Waals surface area (Å²) in [6.07, 6.45) is 3.11. The second-order valence-corrected chi connectivity index (χ2v) is 4.03. The Bertz CT molecular complexity index is 325. The standard InChI is InChI=1S/C10H16N4O/c1-7-3-11-4-8(2)14(7)10(15)9-5-12-6-13-9/h5-8,11H,3-4H2,1-2H3,(H,12,13). The van der Waals surface area contributed by atoms with Gasteiger partial charge in [0.2, 0.25) is 0 Å². The van der Waals surface area contributed by atoms with Crippen LogP contribution in [0.5, 0.6) is 0 Å². The van der Waals surface area contributed by atoms with E-state index < -0.39 is 0 Å². The van der Waals surface area contributed by atoms with Crippen molar-refractivity contribution in [1.29, 1.82) is 0 Å². The van der Waals surface area contributed by atoms with Crippen LogP contribution < -0.4 is 5.32 Å². The van der Waals surface area contributed by atoms with Crippen molar-refractivity contribution < 1.29 is 4.79 Å². The highest BCUT2D eigenvalue weighted by atomic mass is 16.2. The molecule has 0 radical (unpaired) electrons. The lowest BCUT2D eigenvalue weighted by Crippen LogP contribution is -2.57. The van der Waals surface area contributed by atoms with Crippen LogP contribution in [0.2, 0.25) is 0 Å². The van der Waals surface area contributed by atoms with Gasteiger partial charge in [-0.2, -0.15) is 0 Å². The van der Waals surface area contributed by atoms with E-state index in [0.717, 1.165) is 13.1 Å². The molecule has 2 heterocycles. The van der Waals surface area contributed by atoms with Crippen LogP contribution in [0, 0.1) is 0 Å². The monoisotopic (exact) mass is 208 g/mol. The van der Waals surface area contributed by atoms with Crippen molar-refractivity contribution in [2.45, 2.75) is 25.9 Å². The van der Waals surface area contributed by atoms with Gasteiger partial charge >= 0.3 is 0 Å². The first-order chi connectivity index (χ1) is 7.20. The average molecular weight is 208 g/mol. The third-order valence-corrected chi connectivity index (χ3v) is 2.79. The first-order valence-electron chi connectivity index (χ1n) is 5.22. The molecule has 1 fully saturated rings. The second-order valence-electron chi connectivity index (χ2n) is 4.03. The molecule has 2 atom stereocenters. The van der Waals surface area contributed by atoms with Gasteiger partial charge in [0, 0.05) is 25.2 Å². The van der Waals surface area contributed by atoms with Gasteiger partial charge < -0.3 is 15.2 Å². The lowest BCUT2D eigenvalue weighted by atomic mass is 10.1. The molecule has 0 aliphatic carbocycles. The fourth-order valence-electron chi connectivity index (χ4n) is 2.04. The summed E-state index contributed by atoms with van der Waals surface area (Å²) in [6.45, 7) is 5.81. The number of imidazole rings is 1. The van der Waals surface area contributed by atoms with Crippen LogP contribution in [0.1, 0.15) is 24.3 Å². The number of hydrogen-bond acceptors (Lipinski definition) is 3. The number of nitrogens with zero attached hydrogens (tertiary/aromatic N) is 2. The van der Waals surface area contributed by atoms with E-state index in [1.807, 2.05) is 4.90 Å². The molecule has 2 N–H and O–H groups in total. The molecule has 1 aliphatic rings. The van der Waals surface area contributed by atoms with Crippen molar-refractivity contribution in [3.63, 3.8) is 0 Å². The van der Waals surface area contributed by atoms with E-state index in [-0.39, 0.29) is 18.0 Å². The van der Waals surface area contributed by atoms with Crippen molar-refractivity contribution in [3.05, 3.63) is 18.2 Å². The zero-order chi connectivity index (χ0) is 10.8. The minimum absolute atomic E-state index is 0.0361.